The van der Waals surface area contributed by atoms with Crippen LogP contribution in [0.1, 0.15) is 57.8 Å². The topological polar surface area (TPSA) is 107 Å². The molecule has 2 aliphatic carbocycles. The molecule has 0 bridgehead atoms. The van der Waals surface area contributed by atoms with Crippen LogP contribution in [-0.2, 0) is 6.42 Å². The van der Waals surface area contributed by atoms with Crippen molar-refractivity contribution in [3.05, 3.63) is 47.4 Å². The van der Waals surface area contributed by atoms with E-state index in [9.17, 15) is 10.4 Å². The van der Waals surface area contributed by atoms with Crippen LogP contribution in [0.15, 0.2) is 30.6 Å². The number of pyridine rings is 1. The number of fused-ring (bicyclic) bond motifs is 1. The summed E-state index contributed by atoms with van der Waals surface area (Å²) in [6.07, 6.45) is 9.50. The number of hydrogen-bond donors (Lipinski definition) is 3. The minimum absolute atomic E-state index is 0. The maximum absolute atomic E-state index is 10.2. The van der Waals surface area contributed by atoms with Gasteiger partial charge in [0.05, 0.1) is 18.0 Å². The van der Waals surface area contributed by atoms with Gasteiger partial charge in [-0.2, -0.15) is 10.2 Å². The highest BCUT2D eigenvalue weighted by Crippen LogP contribution is 2.37. The lowest BCUT2D eigenvalue weighted by Crippen LogP contribution is -2.41. The van der Waals surface area contributed by atoms with E-state index in [4.69, 9.17) is 0 Å². The SMILES string of the molecule is CC1(C)C[C@H](Nc2nc(NCCC3=CCc4ncccc43)ncc2C#N)CC[C@H]1O.[HH]. The first-order chi connectivity index (χ1) is 14.5. The lowest BCUT2D eigenvalue weighted by atomic mass is 9.73. The van der Waals surface area contributed by atoms with Gasteiger partial charge in [-0.3, -0.25) is 4.98 Å². The molecule has 1 fully saturated rings. The van der Waals surface area contributed by atoms with Crippen molar-refractivity contribution in [2.45, 2.75) is 58.1 Å². The summed E-state index contributed by atoms with van der Waals surface area (Å²) in [5.74, 6) is 1.07. The minimum atomic E-state index is -0.293. The average molecular weight is 407 g/mol. The molecule has 0 saturated heterocycles. The van der Waals surface area contributed by atoms with Crippen LogP contribution >= 0.6 is 0 Å². The van der Waals surface area contributed by atoms with Gasteiger partial charge in [0.25, 0.3) is 0 Å². The van der Waals surface area contributed by atoms with E-state index < -0.39 is 0 Å². The molecule has 4 rings (SSSR count). The molecule has 30 heavy (non-hydrogen) atoms. The zero-order chi connectivity index (χ0) is 21.1. The fourth-order valence-electron chi connectivity index (χ4n) is 4.37. The molecule has 0 unspecified atom stereocenters. The van der Waals surface area contributed by atoms with Crippen molar-refractivity contribution in [2.24, 2.45) is 5.41 Å². The number of rotatable bonds is 6. The van der Waals surface area contributed by atoms with Crippen LogP contribution in [-0.4, -0.2) is 38.7 Å². The predicted octanol–water partition coefficient (Wildman–Crippen LogP) is 3.78. The van der Waals surface area contributed by atoms with Crippen LogP contribution < -0.4 is 10.6 Å². The fraction of sp³-hybridized carbons (Fsp3) is 0.478. The first kappa shape index (κ1) is 20.3. The van der Waals surface area contributed by atoms with Crippen LogP contribution in [0.2, 0.25) is 0 Å². The number of hydrogen-bond acceptors (Lipinski definition) is 7. The Bertz CT molecular complexity index is 1000. The van der Waals surface area contributed by atoms with E-state index in [0.29, 0.717) is 23.9 Å². The first-order valence-electron chi connectivity index (χ1n) is 10.5. The van der Waals surface area contributed by atoms with Gasteiger partial charge in [-0.05, 0) is 48.3 Å². The smallest absolute Gasteiger partial charge is 0.224 e. The molecule has 0 aliphatic heterocycles. The Morgan fingerprint density at radius 3 is 3.00 bits per heavy atom. The first-order valence-corrected chi connectivity index (χ1v) is 10.5. The number of aliphatic hydroxyl groups excluding tert-OH is 1. The Hall–Kier alpha value is -2.98. The van der Waals surface area contributed by atoms with Crippen molar-refractivity contribution in [1.82, 2.24) is 15.0 Å². The maximum atomic E-state index is 10.2. The van der Waals surface area contributed by atoms with Crippen molar-refractivity contribution < 1.29 is 6.53 Å². The zero-order valence-electron chi connectivity index (χ0n) is 17.5. The molecular formula is C23H30N6O. The molecule has 1 saturated carbocycles. The molecule has 2 aromatic rings. The molecule has 0 aromatic carbocycles. The molecule has 0 amide bonds. The van der Waals surface area contributed by atoms with Gasteiger partial charge in [-0.15, -0.1) is 0 Å². The largest absolute Gasteiger partial charge is 0.393 e. The third kappa shape index (κ3) is 4.29. The van der Waals surface area contributed by atoms with Crippen molar-refractivity contribution in [1.29, 1.82) is 5.26 Å². The monoisotopic (exact) mass is 406 g/mol. The molecule has 0 radical (unpaired) electrons. The Morgan fingerprint density at radius 2 is 2.20 bits per heavy atom. The molecule has 3 N–H and O–H groups in total. The summed E-state index contributed by atoms with van der Waals surface area (Å²) in [5.41, 5.74) is 3.93. The Labute approximate surface area is 178 Å². The number of anilines is 2. The summed E-state index contributed by atoms with van der Waals surface area (Å²) in [6, 6.07) is 6.43. The van der Waals surface area contributed by atoms with Crippen molar-refractivity contribution in [3.63, 3.8) is 0 Å². The molecule has 2 atom stereocenters. The van der Waals surface area contributed by atoms with Crippen LogP contribution in [0.25, 0.3) is 5.57 Å². The zero-order valence-corrected chi connectivity index (χ0v) is 17.5. The number of aromatic nitrogens is 3. The van der Waals surface area contributed by atoms with Gasteiger partial charge >= 0.3 is 0 Å². The van der Waals surface area contributed by atoms with Crippen molar-refractivity contribution in [2.75, 3.05) is 17.2 Å². The second-order valence-electron chi connectivity index (χ2n) is 8.80. The quantitative estimate of drug-likeness (QED) is 0.670. The number of allylic oxidation sites excluding steroid dienone is 1. The van der Waals surface area contributed by atoms with Gasteiger partial charge in [0.1, 0.15) is 17.5 Å². The number of nitrogens with one attached hydrogen (secondary N) is 2. The lowest BCUT2D eigenvalue weighted by Gasteiger charge is -2.40. The van der Waals surface area contributed by atoms with E-state index in [2.05, 4.69) is 57.6 Å². The van der Waals surface area contributed by atoms with E-state index in [1.165, 1.54) is 11.1 Å². The van der Waals surface area contributed by atoms with Crippen LogP contribution in [0.3, 0.4) is 0 Å². The normalized spacial score (nSPS) is 22.0. The van der Waals surface area contributed by atoms with Gasteiger partial charge in [-0.1, -0.05) is 26.0 Å². The van der Waals surface area contributed by atoms with E-state index in [0.717, 1.165) is 37.8 Å². The maximum Gasteiger partial charge on any atom is 0.224 e. The predicted molar refractivity (Wildman–Crippen MR) is 119 cm³/mol. The number of nitriles is 1. The summed E-state index contributed by atoms with van der Waals surface area (Å²) in [4.78, 5) is 13.3. The third-order valence-corrected chi connectivity index (χ3v) is 6.17. The molecule has 0 spiro atoms. The van der Waals surface area contributed by atoms with E-state index in [1.54, 1.807) is 6.20 Å². The van der Waals surface area contributed by atoms with Gasteiger partial charge < -0.3 is 15.7 Å². The highest BCUT2D eigenvalue weighted by atomic mass is 16.3. The van der Waals surface area contributed by atoms with Gasteiger partial charge in [0, 0.05) is 26.6 Å². The average Bonchev–Trinajstić information content (AvgIpc) is 3.14. The molecule has 2 aromatic heterocycles. The molecule has 2 aliphatic rings. The van der Waals surface area contributed by atoms with Crippen LogP contribution in [0.4, 0.5) is 11.8 Å². The fourth-order valence-corrected chi connectivity index (χ4v) is 4.37. The standard InChI is InChI=1S/C23H28N6O.H2/c1-23(2)12-17(6-8-20(23)30)28-21-16(13-24)14-27-22(29-21)26-11-9-15-5-7-19-18(15)4-3-10-25-19;/h3-5,10,14,17,20,30H,6-9,11-12H2,1-2H3,(H2,26,27,28,29);1H/t17-,20-;/m1./s1. The summed E-state index contributed by atoms with van der Waals surface area (Å²) < 4.78 is 0. The Kier molecular flexibility index (Phi) is 5.69. The van der Waals surface area contributed by atoms with Gasteiger partial charge in [0.15, 0.2) is 0 Å². The van der Waals surface area contributed by atoms with Gasteiger partial charge in [0.2, 0.25) is 5.95 Å². The minimum Gasteiger partial charge on any atom is -0.393 e. The van der Waals surface area contributed by atoms with Crippen LogP contribution in [0.5, 0.6) is 0 Å². The molecule has 7 heteroatoms. The van der Waals surface area contributed by atoms with Gasteiger partial charge in [-0.25, -0.2) is 4.98 Å². The lowest BCUT2D eigenvalue weighted by molar-refractivity contribution is 0.00926. The van der Waals surface area contributed by atoms with E-state index >= 15 is 0 Å². The molecule has 158 valence electrons. The number of nitrogens with zero attached hydrogens (tertiary/aromatic N) is 4. The second kappa shape index (κ2) is 8.41. The highest BCUT2D eigenvalue weighted by Gasteiger charge is 2.35. The van der Waals surface area contributed by atoms with E-state index in [-0.39, 0.29) is 19.0 Å². The van der Waals surface area contributed by atoms with E-state index in [1.807, 2.05) is 12.3 Å². The molecule has 2 heterocycles. The highest BCUT2D eigenvalue weighted by molar-refractivity contribution is 5.71. The molecular weight excluding hydrogens is 376 g/mol. The Balaban J connectivity index is 0.00000272. The number of aliphatic hydroxyl groups is 1. The van der Waals surface area contributed by atoms with Crippen molar-refractivity contribution in [3.8, 4) is 6.07 Å². The molecule has 7 nitrogen and oxygen atoms in total. The third-order valence-electron chi connectivity index (χ3n) is 6.17. The van der Waals surface area contributed by atoms with Crippen LogP contribution in [0, 0.1) is 16.7 Å². The van der Waals surface area contributed by atoms with Crippen molar-refractivity contribution >= 4 is 17.3 Å². The summed E-state index contributed by atoms with van der Waals surface area (Å²) in [5, 5.41) is 26.3. The second-order valence-corrected chi connectivity index (χ2v) is 8.80. The summed E-state index contributed by atoms with van der Waals surface area (Å²) >= 11 is 0. The summed E-state index contributed by atoms with van der Waals surface area (Å²) in [6.45, 7) is 4.86. The summed E-state index contributed by atoms with van der Waals surface area (Å²) in [7, 11) is 0. The Morgan fingerprint density at radius 1 is 1.33 bits per heavy atom.